The molecule has 12 aromatic rings. The summed E-state index contributed by atoms with van der Waals surface area (Å²) in [4.78, 5) is 4.94. The van der Waals surface area contributed by atoms with Gasteiger partial charge in [0.15, 0.2) is 0 Å². The Morgan fingerprint density at radius 2 is 0.765 bits per heavy atom. The van der Waals surface area contributed by atoms with Crippen molar-refractivity contribution in [3.05, 3.63) is 232 Å². The van der Waals surface area contributed by atoms with E-state index in [9.17, 15) is 44.8 Å². The Bertz CT molecular complexity index is 4500. The van der Waals surface area contributed by atoms with Gasteiger partial charge in [-0.25, -0.2) is 0 Å². The lowest BCUT2D eigenvalue weighted by Gasteiger charge is -2.20. The molecule has 400 valence electrons. The number of hydrogen-bond donors (Lipinski definition) is 0. The van der Waals surface area contributed by atoms with Gasteiger partial charge in [0.05, 0.1) is 74.2 Å². The van der Waals surface area contributed by atoms with E-state index in [1.807, 2.05) is 95.8 Å². The lowest BCUT2D eigenvalue weighted by Crippen LogP contribution is -2.07. The van der Waals surface area contributed by atoms with Gasteiger partial charge in [-0.3, -0.25) is 4.98 Å². The van der Waals surface area contributed by atoms with Crippen molar-refractivity contribution in [1.29, 1.82) is 5.26 Å². The van der Waals surface area contributed by atoms with E-state index in [-0.39, 0.29) is 5.56 Å². The molecule has 0 aliphatic heterocycles. The van der Waals surface area contributed by atoms with Crippen LogP contribution < -0.4 is 0 Å². The molecular weight excluding hydrogens is 1040 g/mol. The predicted octanol–water partition coefficient (Wildman–Crippen LogP) is 20.1. The van der Waals surface area contributed by atoms with Gasteiger partial charge in [-0.05, 0) is 181 Å². The molecule has 13 heteroatoms. The van der Waals surface area contributed by atoms with Crippen LogP contribution in [0.25, 0.3) is 111 Å². The maximum absolute atomic E-state index is 14.9. The van der Waals surface area contributed by atoms with Crippen LogP contribution in [0.5, 0.6) is 0 Å². The third-order valence-electron chi connectivity index (χ3n) is 15.4. The Kier molecular flexibility index (Phi) is 12.4. The molecule has 0 fully saturated rings. The molecule has 0 bridgehead atoms. The van der Waals surface area contributed by atoms with E-state index < -0.39 is 35.2 Å². The Morgan fingerprint density at radius 3 is 1.16 bits per heavy atom. The van der Waals surface area contributed by atoms with Crippen molar-refractivity contribution in [2.24, 2.45) is 0 Å². The summed E-state index contributed by atoms with van der Waals surface area (Å²) in [6.45, 7) is 8.89. The Labute approximate surface area is 459 Å². The highest BCUT2D eigenvalue weighted by molar-refractivity contribution is 6.14. The Morgan fingerprint density at radius 1 is 0.383 bits per heavy atom. The van der Waals surface area contributed by atoms with Gasteiger partial charge >= 0.3 is 18.5 Å². The highest BCUT2D eigenvalue weighted by atomic mass is 19.4. The van der Waals surface area contributed by atoms with Crippen molar-refractivity contribution in [1.82, 2.24) is 14.1 Å². The number of aromatic nitrogens is 3. The predicted molar refractivity (Wildman–Crippen MR) is 304 cm³/mol. The van der Waals surface area contributed by atoms with Crippen molar-refractivity contribution < 1.29 is 39.5 Å². The van der Waals surface area contributed by atoms with Crippen LogP contribution in [0, 0.1) is 45.9 Å². The summed E-state index contributed by atoms with van der Waals surface area (Å²) >= 11 is 0. The van der Waals surface area contributed by atoms with Gasteiger partial charge in [0.2, 0.25) is 0 Å². The van der Waals surface area contributed by atoms with Gasteiger partial charge < -0.3 is 9.13 Å². The summed E-state index contributed by atoms with van der Waals surface area (Å²) in [7, 11) is 0. The van der Waals surface area contributed by atoms with Crippen molar-refractivity contribution in [2.45, 2.75) is 53.1 Å². The number of aryl methyl sites for hydroxylation is 5. The van der Waals surface area contributed by atoms with E-state index in [0.29, 0.717) is 111 Å². The van der Waals surface area contributed by atoms with Gasteiger partial charge in [-0.15, -0.1) is 0 Å². The van der Waals surface area contributed by atoms with Crippen molar-refractivity contribution >= 4 is 43.6 Å². The minimum atomic E-state index is -4.64. The number of fused-ring (bicyclic) bond motifs is 6. The molecule has 0 amide bonds. The third-order valence-corrected chi connectivity index (χ3v) is 15.4. The molecule has 0 unspecified atom stereocenters. The molecule has 3 aromatic heterocycles. The van der Waals surface area contributed by atoms with Crippen LogP contribution in [-0.4, -0.2) is 14.1 Å². The molecule has 0 saturated heterocycles. The van der Waals surface area contributed by atoms with Crippen molar-refractivity contribution in [2.75, 3.05) is 0 Å². The number of nitrogens with zero attached hydrogens (tertiary/aromatic N) is 4. The van der Waals surface area contributed by atoms with Crippen molar-refractivity contribution in [3.8, 4) is 73.1 Å². The number of alkyl halides is 9. The summed E-state index contributed by atoms with van der Waals surface area (Å²) in [5.41, 5.74) is 10.7. The smallest absolute Gasteiger partial charge is 0.307 e. The van der Waals surface area contributed by atoms with E-state index >= 15 is 0 Å². The molecule has 3 heterocycles. The topological polar surface area (TPSA) is 46.5 Å². The zero-order valence-corrected chi connectivity index (χ0v) is 44.0. The molecule has 4 nitrogen and oxygen atoms in total. The molecule has 0 N–H and O–H groups in total. The number of rotatable bonds is 7. The fourth-order valence-corrected chi connectivity index (χ4v) is 11.7. The number of nitriles is 1. The van der Waals surface area contributed by atoms with Gasteiger partial charge in [-0.2, -0.15) is 44.8 Å². The highest BCUT2D eigenvalue weighted by Gasteiger charge is 2.35. The summed E-state index contributed by atoms with van der Waals surface area (Å²) in [6.07, 6.45) is -10.4. The molecule has 0 atom stereocenters. The second-order valence-corrected chi connectivity index (χ2v) is 20.7. The van der Waals surface area contributed by atoms with Gasteiger partial charge in [0.25, 0.3) is 0 Å². The number of benzene rings is 9. The molecule has 0 aliphatic carbocycles. The second-order valence-electron chi connectivity index (χ2n) is 20.7. The van der Waals surface area contributed by atoms with E-state index in [2.05, 4.69) is 24.3 Å². The second kappa shape index (κ2) is 19.2. The lowest BCUT2D eigenvalue weighted by molar-refractivity contribution is -0.138. The van der Waals surface area contributed by atoms with E-state index in [1.165, 1.54) is 18.2 Å². The van der Waals surface area contributed by atoms with Crippen LogP contribution >= 0.6 is 0 Å². The highest BCUT2D eigenvalue weighted by Crippen LogP contribution is 2.47. The van der Waals surface area contributed by atoms with E-state index in [4.69, 9.17) is 4.98 Å². The first-order valence-corrected chi connectivity index (χ1v) is 25.8. The molecule has 0 saturated carbocycles. The third kappa shape index (κ3) is 9.05. The van der Waals surface area contributed by atoms with Gasteiger partial charge in [0.1, 0.15) is 0 Å². The number of halogens is 9. The van der Waals surface area contributed by atoms with E-state index in [1.54, 1.807) is 63.5 Å². The molecule has 12 rings (SSSR count). The molecule has 0 radical (unpaired) electrons. The van der Waals surface area contributed by atoms with Crippen molar-refractivity contribution in [3.63, 3.8) is 0 Å². The Balaban J connectivity index is 1.17. The molecule has 0 aliphatic rings. The molecular formula is C68H45F9N4. The maximum atomic E-state index is 14.9. The summed E-state index contributed by atoms with van der Waals surface area (Å²) < 4.78 is 132. The fraction of sp³-hybridized carbons (Fsp3) is 0.118. The SMILES string of the molecule is Cc1ccc(-c2ccc3c(c2)c2cc(-c4ccc(C)cc4C(F)(F)F)ccc2n3-c2cncc(-n3c4ccc(-c5ccc(C(F)(F)F)cc5C)cc4c4cc(-c5ccc(C(F)(F)F)cc5C)ccc43)c2-c2ccccc2C#N)c(C)c1. The zero-order chi connectivity index (χ0) is 57.0. The van der Waals surface area contributed by atoms with Gasteiger partial charge in [-0.1, -0.05) is 96.1 Å². The molecule has 81 heavy (non-hydrogen) atoms. The average Bonchev–Trinajstić information content (AvgIpc) is 3.29. The number of pyridine rings is 1. The first kappa shape index (κ1) is 52.3. The molecule has 0 spiro atoms. The monoisotopic (exact) mass is 1090 g/mol. The minimum absolute atomic E-state index is 0.0216. The van der Waals surface area contributed by atoms with Crippen LogP contribution in [0.1, 0.15) is 50.1 Å². The standard InChI is InChI=1S/C68H45F9N4/c1-37-10-18-49(39(3)26-37)42-12-22-61-56(30-42)57-33-45(52-19-11-38(2)27-58(52)68(75,76)77)15-25-62(57)81(61)64-36-79-35-63(65(64)53-9-7-6-8-46(53)34-78)80-59-23-13-43(50-20-16-47(28-40(50)4)66(69,70)71)31-54(59)55-32-44(14-24-60(55)80)51-21-17-48(29-41(51)5)67(72,73)74/h6-33,35-36H,1-5H3. The quantitative estimate of drug-likeness (QED) is 0.149. The van der Waals surface area contributed by atoms with Crippen LogP contribution in [0.15, 0.2) is 182 Å². The Hall–Kier alpha value is -9.41. The minimum Gasteiger partial charge on any atom is -0.307 e. The lowest BCUT2D eigenvalue weighted by atomic mass is 9.95. The summed E-state index contributed by atoms with van der Waals surface area (Å²) in [6, 6.07) is 49.7. The summed E-state index contributed by atoms with van der Waals surface area (Å²) in [5, 5.41) is 13.6. The van der Waals surface area contributed by atoms with Crippen LogP contribution in [0.2, 0.25) is 0 Å². The van der Waals surface area contributed by atoms with Crippen LogP contribution in [0.4, 0.5) is 39.5 Å². The van der Waals surface area contributed by atoms with Gasteiger partial charge in [0, 0.05) is 32.7 Å². The summed E-state index contributed by atoms with van der Waals surface area (Å²) in [5.74, 6) is 0. The number of hydrogen-bond acceptors (Lipinski definition) is 2. The first-order valence-electron chi connectivity index (χ1n) is 25.8. The normalized spacial score (nSPS) is 12.3. The average molecular weight is 1090 g/mol. The zero-order valence-electron chi connectivity index (χ0n) is 44.0. The maximum Gasteiger partial charge on any atom is 0.417 e. The van der Waals surface area contributed by atoms with Crippen LogP contribution in [0.3, 0.4) is 0 Å². The first-order chi connectivity index (χ1) is 38.6. The fourth-order valence-electron chi connectivity index (χ4n) is 11.7. The molecule has 9 aromatic carbocycles. The largest absolute Gasteiger partial charge is 0.417 e. The van der Waals surface area contributed by atoms with E-state index in [0.717, 1.165) is 58.0 Å². The van der Waals surface area contributed by atoms with Crippen LogP contribution in [-0.2, 0) is 18.5 Å².